The molecule has 0 aliphatic heterocycles. The van der Waals surface area contributed by atoms with Crippen molar-refractivity contribution in [2.24, 2.45) is 0 Å². The van der Waals surface area contributed by atoms with Crippen molar-refractivity contribution in [2.45, 2.75) is 6.42 Å². The quantitative estimate of drug-likeness (QED) is 0.881. The standard InChI is InChI=1S/C12H10BrNOS/c13-9-4-2-1-3-8(9)7-11(15)12-10(14)5-6-16-12/h1-6H,7,14H2. The van der Waals surface area contributed by atoms with E-state index in [-0.39, 0.29) is 5.78 Å². The van der Waals surface area contributed by atoms with Crippen LogP contribution in [0.5, 0.6) is 0 Å². The van der Waals surface area contributed by atoms with E-state index < -0.39 is 0 Å². The molecule has 0 aliphatic carbocycles. The number of rotatable bonds is 3. The highest BCUT2D eigenvalue weighted by molar-refractivity contribution is 9.10. The van der Waals surface area contributed by atoms with Crippen LogP contribution in [-0.2, 0) is 6.42 Å². The van der Waals surface area contributed by atoms with Crippen LogP contribution in [0, 0.1) is 0 Å². The first kappa shape index (κ1) is 11.4. The van der Waals surface area contributed by atoms with Gasteiger partial charge in [-0.2, -0.15) is 0 Å². The predicted octanol–water partition coefficient (Wildman–Crippen LogP) is 3.52. The lowest BCUT2D eigenvalue weighted by Crippen LogP contribution is -2.04. The first-order valence-corrected chi connectivity index (χ1v) is 6.45. The summed E-state index contributed by atoms with van der Waals surface area (Å²) >= 11 is 4.82. The van der Waals surface area contributed by atoms with E-state index in [1.807, 2.05) is 29.6 Å². The maximum absolute atomic E-state index is 12.0. The Morgan fingerprint density at radius 3 is 2.69 bits per heavy atom. The van der Waals surface area contributed by atoms with Crippen LogP contribution >= 0.6 is 27.3 Å². The molecule has 4 heteroatoms. The zero-order valence-electron chi connectivity index (χ0n) is 8.44. The largest absolute Gasteiger partial charge is 0.397 e. The second kappa shape index (κ2) is 4.80. The number of nitrogen functional groups attached to an aromatic ring is 1. The number of benzene rings is 1. The Kier molecular flexibility index (Phi) is 3.41. The molecule has 1 heterocycles. The first-order valence-electron chi connectivity index (χ1n) is 4.78. The molecule has 0 amide bonds. The first-order chi connectivity index (χ1) is 7.68. The van der Waals surface area contributed by atoms with Gasteiger partial charge in [0.2, 0.25) is 0 Å². The van der Waals surface area contributed by atoms with Crippen molar-refractivity contribution >= 4 is 38.7 Å². The van der Waals surface area contributed by atoms with E-state index in [0.717, 1.165) is 10.0 Å². The summed E-state index contributed by atoms with van der Waals surface area (Å²) in [6.07, 6.45) is 0.381. The Hall–Kier alpha value is -1.13. The van der Waals surface area contributed by atoms with Gasteiger partial charge in [-0.1, -0.05) is 34.1 Å². The maximum atomic E-state index is 12.0. The summed E-state index contributed by atoms with van der Waals surface area (Å²) in [7, 11) is 0. The molecule has 2 rings (SSSR count). The summed E-state index contributed by atoms with van der Waals surface area (Å²) in [5.41, 5.74) is 7.27. The van der Waals surface area contributed by atoms with Gasteiger partial charge in [0, 0.05) is 10.9 Å². The molecule has 16 heavy (non-hydrogen) atoms. The highest BCUT2D eigenvalue weighted by Crippen LogP contribution is 2.23. The lowest BCUT2D eigenvalue weighted by atomic mass is 10.1. The molecule has 2 aromatic rings. The SMILES string of the molecule is Nc1ccsc1C(=O)Cc1ccccc1Br. The van der Waals surface area contributed by atoms with Gasteiger partial charge >= 0.3 is 0 Å². The van der Waals surface area contributed by atoms with Gasteiger partial charge in [0.05, 0.1) is 10.6 Å². The highest BCUT2D eigenvalue weighted by Gasteiger charge is 2.13. The highest BCUT2D eigenvalue weighted by atomic mass is 79.9. The molecule has 0 fully saturated rings. The van der Waals surface area contributed by atoms with Gasteiger partial charge in [-0.15, -0.1) is 11.3 Å². The summed E-state index contributed by atoms with van der Waals surface area (Å²) in [5, 5.41) is 1.84. The lowest BCUT2D eigenvalue weighted by molar-refractivity contribution is 0.0997. The van der Waals surface area contributed by atoms with Gasteiger partial charge in [0.25, 0.3) is 0 Å². The molecular formula is C12H10BrNOS. The lowest BCUT2D eigenvalue weighted by Gasteiger charge is -2.02. The van der Waals surface area contributed by atoms with Crippen LogP contribution in [0.3, 0.4) is 0 Å². The second-order valence-electron chi connectivity index (χ2n) is 3.40. The van der Waals surface area contributed by atoms with Gasteiger partial charge < -0.3 is 5.73 Å². The molecule has 0 atom stereocenters. The predicted molar refractivity (Wildman–Crippen MR) is 70.9 cm³/mol. The third-order valence-corrected chi connectivity index (χ3v) is 4.00. The maximum Gasteiger partial charge on any atom is 0.179 e. The van der Waals surface area contributed by atoms with E-state index in [4.69, 9.17) is 5.73 Å². The number of thiophene rings is 1. The number of anilines is 1. The monoisotopic (exact) mass is 295 g/mol. The van der Waals surface area contributed by atoms with E-state index in [0.29, 0.717) is 17.0 Å². The molecule has 1 aromatic carbocycles. The van der Waals surface area contributed by atoms with E-state index in [2.05, 4.69) is 15.9 Å². The van der Waals surface area contributed by atoms with Crippen molar-refractivity contribution in [1.29, 1.82) is 0 Å². The number of hydrogen-bond donors (Lipinski definition) is 1. The van der Waals surface area contributed by atoms with Crippen molar-refractivity contribution in [3.05, 3.63) is 50.6 Å². The van der Waals surface area contributed by atoms with Crippen molar-refractivity contribution in [2.75, 3.05) is 5.73 Å². The number of nitrogens with two attached hydrogens (primary N) is 1. The van der Waals surface area contributed by atoms with Gasteiger partial charge in [0.15, 0.2) is 5.78 Å². The molecule has 0 spiro atoms. The Balaban J connectivity index is 2.21. The van der Waals surface area contributed by atoms with Crippen LogP contribution in [0.1, 0.15) is 15.2 Å². The topological polar surface area (TPSA) is 43.1 Å². The molecule has 82 valence electrons. The molecule has 1 aromatic heterocycles. The number of carbonyl (C=O) groups excluding carboxylic acids is 1. The molecule has 2 N–H and O–H groups in total. The minimum Gasteiger partial charge on any atom is -0.397 e. The Labute approximate surface area is 106 Å². The summed E-state index contributed by atoms with van der Waals surface area (Å²) in [4.78, 5) is 12.6. The minimum atomic E-state index is 0.0689. The number of Topliss-reactive ketones (excluding diaryl/α,β-unsaturated/α-hetero) is 1. The molecule has 2 nitrogen and oxygen atoms in total. The molecule has 0 unspecified atom stereocenters. The zero-order chi connectivity index (χ0) is 11.5. The molecule has 0 radical (unpaired) electrons. The molecule has 0 saturated heterocycles. The Morgan fingerprint density at radius 2 is 2.06 bits per heavy atom. The fourth-order valence-electron chi connectivity index (χ4n) is 1.44. The van der Waals surface area contributed by atoms with Crippen LogP contribution in [0.15, 0.2) is 40.2 Å². The van der Waals surface area contributed by atoms with Gasteiger partial charge in [-0.25, -0.2) is 0 Å². The summed E-state index contributed by atoms with van der Waals surface area (Å²) in [6, 6.07) is 9.48. The van der Waals surface area contributed by atoms with Crippen molar-refractivity contribution in [3.63, 3.8) is 0 Å². The van der Waals surface area contributed by atoms with Crippen LogP contribution < -0.4 is 5.73 Å². The van der Waals surface area contributed by atoms with E-state index in [1.165, 1.54) is 11.3 Å². The van der Waals surface area contributed by atoms with E-state index in [1.54, 1.807) is 6.07 Å². The smallest absolute Gasteiger partial charge is 0.179 e. The average molecular weight is 296 g/mol. The van der Waals surface area contributed by atoms with Gasteiger partial charge in [-0.05, 0) is 23.1 Å². The third-order valence-electron chi connectivity index (χ3n) is 2.26. The Morgan fingerprint density at radius 1 is 1.31 bits per heavy atom. The second-order valence-corrected chi connectivity index (χ2v) is 5.17. The molecular weight excluding hydrogens is 286 g/mol. The number of carbonyl (C=O) groups is 1. The number of halogens is 1. The third kappa shape index (κ3) is 2.33. The molecule has 0 saturated carbocycles. The summed E-state index contributed by atoms with van der Waals surface area (Å²) in [5.74, 6) is 0.0689. The normalized spacial score (nSPS) is 10.3. The fourth-order valence-corrected chi connectivity index (χ4v) is 2.62. The minimum absolute atomic E-state index is 0.0689. The van der Waals surface area contributed by atoms with Crippen LogP contribution in [-0.4, -0.2) is 5.78 Å². The summed E-state index contributed by atoms with van der Waals surface area (Å²) in [6.45, 7) is 0. The van der Waals surface area contributed by atoms with Crippen LogP contribution in [0.2, 0.25) is 0 Å². The van der Waals surface area contributed by atoms with Gasteiger partial charge in [0.1, 0.15) is 0 Å². The van der Waals surface area contributed by atoms with Crippen molar-refractivity contribution in [1.82, 2.24) is 0 Å². The van der Waals surface area contributed by atoms with Crippen LogP contribution in [0.25, 0.3) is 0 Å². The van der Waals surface area contributed by atoms with E-state index in [9.17, 15) is 4.79 Å². The fraction of sp³-hybridized carbons (Fsp3) is 0.0833. The van der Waals surface area contributed by atoms with Crippen LogP contribution in [0.4, 0.5) is 5.69 Å². The zero-order valence-corrected chi connectivity index (χ0v) is 10.8. The average Bonchev–Trinajstić information content (AvgIpc) is 2.68. The summed E-state index contributed by atoms with van der Waals surface area (Å²) < 4.78 is 0.957. The number of ketones is 1. The molecule has 0 aliphatic rings. The van der Waals surface area contributed by atoms with E-state index >= 15 is 0 Å². The van der Waals surface area contributed by atoms with Crippen molar-refractivity contribution in [3.8, 4) is 0 Å². The van der Waals surface area contributed by atoms with Crippen molar-refractivity contribution < 1.29 is 4.79 Å². The number of hydrogen-bond acceptors (Lipinski definition) is 3. The molecule has 0 bridgehead atoms. The van der Waals surface area contributed by atoms with Gasteiger partial charge in [-0.3, -0.25) is 4.79 Å². The Bertz CT molecular complexity index is 521.